The summed E-state index contributed by atoms with van der Waals surface area (Å²) in [5.74, 6) is 0.150. The third-order valence-corrected chi connectivity index (χ3v) is 3.30. The highest BCUT2D eigenvalue weighted by Gasteiger charge is 2.29. The van der Waals surface area contributed by atoms with Crippen molar-refractivity contribution >= 4 is 17.5 Å². The number of rotatable bonds is 4. The normalized spacial score (nSPS) is 22.2. The van der Waals surface area contributed by atoms with E-state index in [2.05, 4.69) is 28.0 Å². The standard InChI is InChI=1S/C12H19N5O2/c1-8-3-4-14-11(8)12(19)16-9-5-15-17(6-9)7-10(18)13-2/h5-6,8,11,14H,3-4,7H2,1-2H3,(H,13,18)(H,16,19). The van der Waals surface area contributed by atoms with E-state index in [1.807, 2.05) is 0 Å². The van der Waals surface area contributed by atoms with Crippen LogP contribution in [-0.4, -0.2) is 41.2 Å². The Morgan fingerprint density at radius 1 is 1.58 bits per heavy atom. The van der Waals surface area contributed by atoms with Crippen molar-refractivity contribution in [2.75, 3.05) is 18.9 Å². The second kappa shape index (κ2) is 5.83. The monoisotopic (exact) mass is 265 g/mol. The summed E-state index contributed by atoms with van der Waals surface area (Å²) in [6, 6.07) is -0.151. The van der Waals surface area contributed by atoms with Crippen LogP contribution < -0.4 is 16.0 Å². The Morgan fingerprint density at radius 2 is 2.37 bits per heavy atom. The quantitative estimate of drug-likeness (QED) is 0.689. The van der Waals surface area contributed by atoms with E-state index < -0.39 is 0 Å². The van der Waals surface area contributed by atoms with Gasteiger partial charge >= 0.3 is 0 Å². The average Bonchev–Trinajstić information content (AvgIpc) is 2.98. The van der Waals surface area contributed by atoms with E-state index in [0.29, 0.717) is 11.6 Å². The van der Waals surface area contributed by atoms with Gasteiger partial charge in [-0.1, -0.05) is 6.92 Å². The maximum absolute atomic E-state index is 12.0. The van der Waals surface area contributed by atoms with E-state index in [0.717, 1.165) is 13.0 Å². The van der Waals surface area contributed by atoms with Crippen molar-refractivity contribution in [3.8, 4) is 0 Å². The maximum atomic E-state index is 12.0. The lowest BCUT2D eigenvalue weighted by molar-refractivity contribution is -0.121. The van der Waals surface area contributed by atoms with Crippen LogP contribution in [0.1, 0.15) is 13.3 Å². The number of hydrogen-bond donors (Lipinski definition) is 3. The largest absolute Gasteiger partial charge is 0.358 e. The van der Waals surface area contributed by atoms with Gasteiger partial charge in [-0.25, -0.2) is 0 Å². The van der Waals surface area contributed by atoms with Crippen LogP contribution in [0.3, 0.4) is 0 Å². The molecule has 1 aromatic rings. The molecule has 1 aliphatic rings. The van der Waals surface area contributed by atoms with Crippen molar-refractivity contribution in [2.45, 2.75) is 25.9 Å². The molecule has 2 unspecified atom stereocenters. The number of aromatic nitrogens is 2. The van der Waals surface area contributed by atoms with Crippen molar-refractivity contribution in [1.29, 1.82) is 0 Å². The van der Waals surface area contributed by atoms with E-state index in [1.165, 1.54) is 4.68 Å². The zero-order valence-electron chi connectivity index (χ0n) is 11.1. The number of nitrogens with one attached hydrogen (secondary N) is 3. The average molecular weight is 265 g/mol. The fourth-order valence-electron chi connectivity index (χ4n) is 2.15. The molecule has 0 saturated carbocycles. The first kappa shape index (κ1) is 13.5. The predicted octanol–water partition coefficient (Wildman–Crippen LogP) is -0.434. The van der Waals surface area contributed by atoms with Crippen LogP contribution in [0, 0.1) is 5.92 Å². The predicted molar refractivity (Wildman–Crippen MR) is 70.5 cm³/mol. The maximum Gasteiger partial charge on any atom is 0.241 e. The summed E-state index contributed by atoms with van der Waals surface area (Å²) in [6.07, 6.45) is 4.20. The molecule has 1 fully saturated rings. The summed E-state index contributed by atoms with van der Waals surface area (Å²) in [4.78, 5) is 23.2. The molecule has 7 nitrogen and oxygen atoms in total. The summed E-state index contributed by atoms with van der Waals surface area (Å²) >= 11 is 0. The molecule has 19 heavy (non-hydrogen) atoms. The Balaban J connectivity index is 1.92. The number of nitrogens with zero attached hydrogens (tertiary/aromatic N) is 2. The Hall–Kier alpha value is -1.89. The van der Waals surface area contributed by atoms with Gasteiger partial charge in [0.05, 0.1) is 17.9 Å². The minimum atomic E-state index is -0.151. The van der Waals surface area contributed by atoms with E-state index in [9.17, 15) is 9.59 Å². The molecule has 0 spiro atoms. The highest BCUT2D eigenvalue weighted by Crippen LogP contribution is 2.16. The van der Waals surface area contributed by atoms with E-state index in [4.69, 9.17) is 0 Å². The summed E-state index contributed by atoms with van der Waals surface area (Å²) in [7, 11) is 1.57. The van der Waals surface area contributed by atoms with E-state index in [-0.39, 0.29) is 24.4 Å². The third-order valence-electron chi connectivity index (χ3n) is 3.30. The molecule has 0 aliphatic carbocycles. The molecule has 2 atom stereocenters. The third kappa shape index (κ3) is 3.31. The van der Waals surface area contributed by atoms with Crippen LogP contribution in [-0.2, 0) is 16.1 Å². The summed E-state index contributed by atoms with van der Waals surface area (Å²) in [5, 5.41) is 12.5. The van der Waals surface area contributed by atoms with Crippen LogP contribution in [0.15, 0.2) is 12.4 Å². The number of likely N-dealkylation sites (N-methyl/N-ethyl adjacent to an activating group) is 1. The fourth-order valence-corrected chi connectivity index (χ4v) is 2.15. The van der Waals surface area contributed by atoms with Crippen LogP contribution in [0.5, 0.6) is 0 Å². The van der Waals surface area contributed by atoms with Gasteiger partial charge in [0.25, 0.3) is 0 Å². The van der Waals surface area contributed by atoms with Crippen molar-refractivity contribution in [3.63, 3.8) is 0 Å². The van der Waals surface area contributed by atoms with Gasteiger partial charge in [-0.05, 0) is 18.9 Å². The number of anilines is 1. The lowest BCUT2D eigenvalue weighted by Crippen LogP contribution is -2.38. The number of hydrogen-bond acceptors (Lipinski definition) is 4. The van der Waals surface area contributed by atoms with Crippen LogP contribution in [0.2, 0.25) is 0 Å². The Labute approximate surface area is 111 Å². The molecule has 104 valence electrons. The summed E-state index contributed by atoms with van der Waals surface area (Å²) < 4.78 is 1.49. The van der Waals surface area contributed by atoms with Gasteiger partial charge < -0.3 is 16.0 Å². The van der Waals surface area contributed by atoms with Crippen molar-refractivity contribution in [1.82, 2.24) is 20.4 Å². The van der Waals surface area contributed by atoms with Gasteiger partial charge in [0.2, 0.25) is 11.8 Å². The lowest BCUT2D eigenvalue weighted by Gasteiger charge is -2.14. The zero-order chi connectivity index (χ0) is 13.8. The number of amides is 2. The Morgan fingerprint density at radius 3 is 3.00 bits per heavy atom. The van der Waals surface area contributed by atoms with Gasteiger partial charge in [-0.3, -0.25) is 14.3 Å². The smallest absolute Gasteiger partial charge is 0.241 e. The second-order valence-corrected chi connectivity index (χ2v) is 4.79. The van der Waals surface area contributed by atoms with Crippen molar-refractivity contribution in [2.24, 2.45) is 5.92 Å². The molecule has 7 heteroatoms. The molecular weight excluding hydrogens is 246 g/mol. The zero-order valence-corrected chi connectivity index (χ0v) is 11.1. The van der Waals surface area contributed by atoms with Crippen LogP contribution in [0.4, 0.5) is 5.69 Å². The van der Waals surface area contributed by atoms with Crippen LogP contribution >= 0.6 is 0 Å². The molecule has 0 aromatic carbocycles. The molecule has 1 aliphatic heterocycles. The number of carbonyl (C=O) groups is 2. The second-order valence-electron chi connectivity index (χ2n) is 4.79. The van der Waals surface area contributed by atoms with Gasteiger partial charge in [-0.2, -0.15) is 5.10 Å². The first-order chi connectivity index (χ1) is 9.10. The van der Waals surface area contributed by atoms with Gasteiger partial charge in [0.1, 0.15) is 6.54 Å². The highest BCUT2D eigenvalue weighted by molar-refractivity contribution is 5.95. The lowest BCUT2D eigenvalue weighted by atomic mass is 10.0. The molecule has 1 saturated heterocycles. The van der Waals surface area contributed by atoms with Crippen molar-refractivity contribution in [3.05, 3.63) is 12.4 Å². The van der Waals surface area contributed by atoms with E-state index >= 15 is 0 Å². The van der Waals surface area contributed by atoms with E-state index in [1.54, 1.807) is 19.4 Å². The SMILES string of the molecule is CNC(=O)Cn1cc(NC(=O)C2NCCC2C)cn1. The topological polar surface area (TPSA) is 88.0 Å². The van der Waals surface area contributed by atoms with Gasteiger partial charge in [-0.15, -0.1) is 0 Å². The minimum absolute atomic E-state index is 0.0514. The Kier molecular flexibility index (Phi) is 4.16. The summed E-state index contributed by atoms with van der Waals surface area (Å²) in [6.45, 7) is 3.07. The fraction of sp³-hybridized carbons (Fsp3) is 0.583. The first-order valence-corrected chi connectivity index (χ1v) is 6.37. The molecule has 2 amide bonds. The number of carbonyl (C=O) groups excluding carboxylic acids is 2. The highest BCUT2D eigenvalue weighted by atomic mass is 16.2. The molecule has 2 rings (SSSR count). The van der Waals surface area contributed by atoms with Crippen molar-refractivity contribution < 1.29 is 9.59 Å². The van der Waals surface area contributed by atoms with Crippen LogP contribution in [0.25, 0.3) is 0 Å². The molecule has 0 bridgehead atoms. The molecule has 3 N–H and O–H groups in total. The van der Waals surface area contributed by atoms with Gasteiger partial charge in [0, 0.05) is 13.2 Å². The molecule has 0 radical (unpaired) electrons. The summed E-state index contributed by atoms with van der Waals surface area (Å²) in [5.41, 5.74) is 0.606. The molecule has 2 heterocycles. The first-order valence-electron chi connectivity index (χ1n) is 6.37. The van der Waals surface area contributed by atoms with Gasteiger partial charge in [0.15, 0.2) is 0 Å². The minimum Gasteiger partial charge on any atom is -0.358 e. The Bertz CT molecular complexity index is 470. The molecular formula is C12H19N5O2. The molecule has 1 aromatic heterocycles.